The van der Waals surface area contributed by atoms with Crippen LogP contribution in [0.25, 0.3) is 0 Å². The Bertz CT molecular complexity index is 225. The van der Waals surface area contributed by atoms with Gasteiger partial charge in [-0.25, -0.2) is 0 Å². The van der Waals surface area contributed by atoms with Crippen molar-refractivity contribution in [1.82, 2.24) is 5.32 Å². The molecule has 17 heavy (non-hydrogen) atoms. The van der Waals surface area contributed by atoms with Crippen LogP contribution in [0.5, 0.6) is 0 Å². The molecule has 2 atom stereocenters. The first-order valence-electron chi connectivity index (χ1n) is 7.60. The van der Waals surface area contributed by atoms with Crippen molar-refractivity contribution >= 4 is 0 Å². The third-order valence-corrected chi connectivity index (χ3v) is 4.82. The van der Waals surface area contributed by atoms with Crippen LogP contribution in [-0.4, -0.2) is 25.3 Å². The van der Waals surface area contributed by atoms with E-state index in [1.807, 2.05) is 7.05 Å². The highest BCUT2D eigenvalue weighted by Gasteiger charge is 2.40. The second-order valence-corrected chi connectivity index (χ2v) is 6.07. The fraction of sp³-hybridized carbons (Fsp3) is 1.00. The zero-order valence-corrected chi connectivity index (χ0v) is 11.6. The predicted molar refractivity (Wildman–Crippen MR) is 72.2 cm³/mol. The predicted octanol–water partition coefficient (Wildman–Crippen LogP) is 3.50. The zero-order chi connectivity index (χ0) is 12.1. The van der Waals surface area contributed by atoms with E-state index in [9.17, 15) is 0 Å². The summed E-state index contributed by atoms with van der Waals surface area (Å²) in [5.41, 5.74) is 0.253. The normalized spacial score (nSPS) is 32.1. The molecule has 100 valence electrons. The van der Waals surface area contributed by atoms with Crippen LogP contribution in [0.4, 0.5) is 0 Å². The second-order valence-electron chi connectivity index (χ2n) is 6.07. The third kappa shape index (κ3) is 3.45. The van der Waals surface area contributed by atoms with Gasteiger partial charge in [-0.05, 0) is 58.0 Å². The average Bonchev–Trinajstić information content (AvgIpc) is 2.32. The molecule has 1 N–H and O–H groups in total. The molecule has 0 spiro atoms. The Balaban J connectivity index is 1.81. The molecule has 0 aliphatic heterocycles. The van der Waals surface area contributed by atoms with Gasteiger partial charge in [0.05, 0.1) is 11.7 Å². The van der Waals surface area contributed by atoms with Gasteiger partial charge < -0.3 is 10.1 Å². The molecule has 0 heterocycles. The van der Waals surface area contributed by atoms with Crippen LogP contribution in [0.1, 0.15) is 64.7 Å². The molecule has 2 fully saturated rings. The molecule has 0 amide bonds. The lowest BCUT2D eigenvalue weighted by Crippen LogP contribution is -2.45. The summed E-state index contributed by atoms with van der Waals surface area (Å²) < 4.78 is 6.51. The van der Waals surface area contributed by atoms with Gasteiger partial charge in [-0.15, -0.1) is 0 Å². The Labute approximate surface area is 107 Å². The first-order valence-corrected chi connectivity index (χ1v) is 7.60. The van der Waals surface area contributed by atoms with E-state index in [2.05, 4.69) is 12.2 Å². The highest BCUT2D eigenvalue weighted by atomic mass is 16.5. The summed E-state index contributed by atoms with van der Waals surface area (Å²) >= 11 is 0. The van der Waals surface area contributed by atoms with Crippen LogP contribution in [0.2, 0.25) is 0 Å². The topological polar surface area (TPSA) is 21.3 Å². The lowest BCUT2D eigenvalue weighted by Gasteiger charge is -2.46. The molecule has 2 rings (SSSR count). The van der Waals surface area contributed by atoms with Gasteiger partial charge in [-0.1, -0.05) is 26.2 Å². The first kappa shape index (κ1) is 13.4. The maximum Gasteiger partial charge on any atom is 0.0698 e. The van der Waals surface area contributed by atoms with Crippen molar-refractivity contribution in [3.05, 3.63) is 0 Å². The van der Waals surface area contributed by atoms with Crippen LogP contribution < -0.4 is 5.32 Å². The largest absolute Gasteiger partial charge is 0.372 e. The van der Waals surface area contributed by atoms with Gasteiger partial charge in [0.1, 0.15) is 0 Å². The molecule has 0 saturated heterocycles. The molecule has 2 aliphatic carbocycles. The van der Waals surface area contributed by atoms with Crippen molar-refractivity contribution in [1.29, 1.82) is 0 Å². The third-order valence-electron chi connectivity index (χ3n) is 4.82. The average molecular weight is 239 g/mol. The van der Waals surface area contributed by atoms with Gasteiger partial charge >= 0.3 is 0 Å². The molecule has 2 aliphatic rings. The number of hydrogen-bond acceptors (Lipinski definition) is 2. The van der Waals surface area contributed by atoms with Crippen molar-refractivity contribution in [3.63, 3.8) is 0 Å². The van der Waals surface area contributed by atoms with Crippen LogP contribution in [0.3, 0.4) is 0 Å². The molecule has 0 aromatic rings. The van der Waals surface area contributed by atoms with Crippen LogP contribution in [-0.2, 0) is 4.74 Å². The standard InChI is InChI=1S/C15H29NO/c1-3-13-6-4-7-14(12-13)17-15(8-5-9-15)10-11-16-2/h13-14,16H,3-12H2,1-2H3. The SMILES string of the molecule is CCC1CCCC(OC2(CCNC)CCC2)C1. The van der Waals surface area contributed by atoms with E-state index < -0.39 is 0 Å². The molecule has 2 heteroatoms. The Morgan fingerprint density at radius 3 is 2.65 bits per heavy atom. The monoisotopic (exact) mass is 239 g/mol. The molecular weight excluding hydrogens is 210 g/mol. The Morgan fingerprint density at radius 1 is 1.24 bits per heavy atom. The second kappa shape index (κ2) is 6.19. The van der Waals surface area contributed by atoms with Gasteiger partial charge in [-0.3, -0.25) is 0 Å². The minimum Gasteiger partial charge on any atom is -0.372 e. The van der Waals surface area contributed by atoms with Crippen molar-refractivity contribution in [2.45, 2.75) is 76.4 Å². The first-order chi connectivity index (χ1) is 8.28. The minimum atomic E-state index is 0.253. The molecular formula is C15H29NO. The lowest BCUT2D eigenvalue weighted by molar-refractivity contribution is -0.155. The molecule has 0 aromatic heterocycles. The van der Waals surface area contributed by atoms with Crippen LogP contribution >= 0.6 is 0 Å². The summed E-state index contributed by atoms with van der Waals surface area (Å²) in [5.74, 6) is 0.926. The van der Waals surface area contributed by atoms with Crippen molar-refractivity contribution < 1.29 is 4.74 Å². The van der Waals surface area contributed by atoms with Crippen molar-refractivity contribution in [3.8, 4) is 0 Å². The number of hydrogen-bond donors (Lipinski definition) is 1. The summed E-state index contributed by atoms with van der Waals surface area (Å²) in [7, 11) is 2.04. The Morgan fingerprint density at radius 2 is 2.06 bits per heavy atom. The minimum absolute atomic E-state index is 0.253. The maximum absolute atomic E-state index is 6.51. The van der Waals surface area contributed by atoms with Gasteiger partial charge in [0.2, 0.25) is 0 Å². The summed E-state index contributed by atoms with van der Waals surface area (Å²) in [4.78, 5) is 0. The van der Waals surface area contributed by atoms with E-state index in [4.69, 9.17) is 4.74 Å². The van der Waals surface area contributed by atoms with Gasteiger partial charge in [-0.2, -0.15) is 0 Å². The smallest absolute Gasteiger partial charge is 0.0698 e. The van der Waals surface area contributed by atoms with Gasteiger partial charge in [0, 0.05) is 0 Å². The highest BCUT2D eigenvalue weighted by molar-refractivity contribution is 4.92. The van der Waals surface area contributed by atoms with E-state index in [0.717, 1.165) is 12.5 Å². The molecule has 2 saturated carbocycles. The molecule has 0 radical (unpaired) electrons. The van der Waals surface area contributed by atoms with Gasteiger partial charge in [0.15, 0.2) is 0 Å². The number of rotatable bonds is 6. The van der Waals surface area contributed by atoms with E-state index >= 15 is 0 Å². The van der Waals surface area contributed by atoms with Crippen LogP contribution in [0, 0.1) is 5.92 Å². The number of nitrogens with one attached hydrogen (secondary N) is 1. The van der Waals surface area contributed by atoms with E-state index in [1.165, 1.54) is 57.8 Å². The summed E-state index contributed by atoms with van der Waals surface area (Å²) in [5, 5.41) is 3.27. The van der Waals surface area contributed by atoms with E-state index in [1.54, 1.807) is 0 Å². The molecule has 0 bridgehead atoms. The van der Waals surface area contributed by atoms with E-state index in [0.29, 0.717) is 6.10 Å². The molecule has 0 aromatic carbocycles. The molecule has 2 nitrogen and oxygen atoms in total. The summed E-state index contributed by atoms with van der Waals surface area (Å²) in [6.07, 6.45) is 12.5. The lowest BCUT2D eigenvalue weighted by atomic mass is 9.76. The highest BCUT2D eigenvalue weighted by Crippen LogP contribution is 2.42. The number of ether oxygens (including phenoxy) is 1. The molecule has 2 unspecified atom stereocenters. The van der Waals surface area contributed by atoms with Gasteiger partial charge in [0.25, 0.3) is 0 Å². The fourth-order valence-corrected chi connectivity index (χ4v) is 3.42. The van der Waals surface area contributed by atoms with Crippen LogP contribution in [0.15, 0.2) is 0 Å². The van der Waals surface area contributed by atoms with Crippen molar-refractivity contribution in [2.24, 2.45) is 5.92 Å². The summed E-state index contributed by atoms with van der Waals surface area (Å²) in [6, 6.07) is 0. The van der Waals surface area contributed by atoms with E-state index in [-0.39, 0.29) is 5.60 Å². The maximum atomic E-state index is 6.51. The Hall–Kier alpha value is -0.0800. The van der Waals surface area contributed by atoms with Crippen molar-refractivity contribution in [2.75, 3.05) is 13.6 Å². The quantitative estimate of drug-likeness (QED) is 0.766. The fourth-order valence-electron chi connectivity index (χ4n) is 3.42. The zero-order valence-electron chi connectivity index (χ0n) is 11.6. The Kier molecular flexibility index (Phi) is 4.87. The summed E-state index contributed by atoms with van der Waals surface area (Å²) in [6.45, 7) is 3.43.